The Morgan fingerprint density at radius 1 is 0.955 bits per heavy atom. The highest BCUT2D eigenvalue weighted by Crippen LogP contribution is 2.53. The summed E-state index contributed by atoms with van der Waals surface area (Å²) in [4.78, 5) is 13.0. The zero-order valence-electron chi connectivity index (χ0n) is 12.2. The molecule has 0 aliphatic heterocycles. The average molecular weight is 285 g/mol. The summed E-state index contributed by atoms with van der Waals surface area (Å²) >= 11 is 0. The molecule has 2 aromatic carbocycles. The van der Waals surface area contributed by atoms with Gasteiger partial charge in [-0.05, 0) is 41.5 Å². The molecule has 0 radical (unpaired) electrons. The highest BCUT2D eigenvalue weighted by Gasteiger charge is 2.50. The first-order valence-electron chi connectivity index (χ1n) is 7.62. The van der Waals surface area contributed by atoms with E-state index < -0.39 is 5.41 Å². The lowest BCUT2D eigenvalue weighted by Crippen LogP contribution is -2.33. The van der Waals surface area contributed by atoms with E-state index in [0.717, 1.165) is 35.1 Å². The smallest absolute Gasteiger partial charge is 0.187 e. The fourth-order valence-corrected chi connectivity index (χ4v) is 3.88. The Bertz CT molecular complexity index is 842. The van der Waals surface area contributed by atoms with E-state index in [9.17, 15) is 10.1 Å². The Morgan fingerprint density at radius 2 is 1.64 bits per heavy atom. The summed E-state index contributed by atoms with van der Waals surface area (Å²) in [5, 5.41) is 9.81. The highest BCUT2D eigenvalue weighted by atomic mass is 16.1. The first-order chi connectivity index (χ1) is 10.8. The quantitative estimate of drug-likeness (QED) is 0.780. The van der Waals surface area contributed by atoms with Crippen molar-refractivity contribution in [3.8, 4) is 6.07 Å². The van der Waals surface area contributed by atoms with Crippen molar-refractivity contribution in [2.24, 2.45) is 5.41 Å². The summed E-state index contributed by atoms with van der Waals surface area (Å²) in [6, 6.07) is 20.2. The molecule has 2 aliphatic rings. The van der Waals surface area contributed by atoms with Crippen LogP contribution in [-0.2, 0) is 0 Å². The van der Waals surface area contributed by atoms with Crippen molar-refractivity contribution in [3.63, 3.8) is 0 Å². The molecule has 0 bridgehead atoms. The van der Waals surface area contributed by atoms with Crippen LogP contribution in [-0.4, -0.2) is 5.78 Å². The summed E-state index contributed by atoms with van der Waals surface area (Å²) < 4.78 is 0. The lowest BCUT2D eigenvalue weighted by Gasteiger charge is -2.31. The van der Waals surface area contributed by atoms with E-state index in [0.29, 0.717) is 12.0 Å². The number of carbonyl (C=O) groups is 1. The third-order valence-electron chi connectivity index (χ3n) is 4.88. The SMILES string of the molecule is N#CC12CCCC1=C(c1ccccc1)c1ccccc1C2=O. The second kappa shape index (κ2) is 4.68. The Balaban J connectivity index is 2.10. The topological polar surface area (TPSA) is 40.9 Å². The fourth-order valence-electron chi connectivity index (χ4n) is 3.88. The summed E-state index contributed by atoms with van der Waals surface area (Å²) in [7, 11) is 0. The predicted octanol–water partition coefficient (Wildman–Crippen LogP) is 4.38. The number of nitrogens with zero attached hydrogens (tertiary/aromatic N) is 1. The molecule has 0 aromatic heterocycles. The highest BCUT2D eigenvalue weighted by molar-refractivity contribution is 6.13. The fraction of sp³-hybridized carbons (Fsp3) is 0.200. The van der Waals surface area contributed by atoms with Crippen LogP contribution < -0.4 is 0 Å². The number of nitriles is 1. The van der Waals surface area contributed by atoms with Gasteiger partial charge >= 0.3 is 0 Å². The standard InChI is InChI=1S/C20H15NO/c21-13-20-12-6-11-17(20)18(14-7-2-1-3-8-14)15-9-4-5-10-16(15)19(20)22/h1-5,7-10H,6,11-12H2. The van der Waals surface area contributed by atoms with Crippen molar-refractivity contribution >= 4 is 11.4 Å². The van der Waals surface area contributed by atoms with Crippen LogP contribution in [0.2, 0.25) is 0 Å². The number of fused-ring (bicyclic) bond motifs is 2. The van der Waals surface area contributed by atoms with Crippen LogP contribution in [0.5, 0.6) is 0 Å². The summed E-state index contributed by atoms with van der Waals surface area (Å²) in [6.07, 6.45) is 2.37. The minimum absolute atomic E-state index is 0.0159. The van der Waals surface area contributed by atoms with E-state index in [2.05, 4.69) is 18.2 Å². The molecule has 1 atom stereocenters. The Hall–Kier alpha value is -2.66. The van der Waals surface area contributed by atoms with Crippen LogP contribution >= 0.6 is 0 Å². The van der Waals surface area contributed by atoms with Gasteiger partial charge in [-0.3, -0.25) is 4.79 Å². The normalized spacial score (nSPS) is 23.0. The number of rotatable bonds is 1. The van der Waals surface area contributed by atoms with Crippen molar-refractivity contribution in [1.29, 1.82) is 5.26 Å². The number of benzene rings is 2. The molecule has 0 N–H and O–H groups in total. The molecule has 22 heavy (non-hydrogen) atoms. The molecule has 2 heteroatoms. The lowest BCUT2D eigenvalue weighted by atomic mass is 9.68. The van der Waals surface area contributed by atoms with Crippen molar-refractivity contribution in [3.05, 3.63) is 76.9 Å². The largest absolute Gasteiger partial charge is 0.292 e. The Kier molecular flexibility index (Phi) is 2.77. The van der Waals surface area contributed by atoms with Gasteiger partial charge in [-0.25, -0.2) is 0 Å². The van der Waals surface area contributed by atoms with Crippen LogP contribution in [0.1, 0.15) is 40.7 Å². The minimum Gasteiger partial charge on any atom is -0.292 e. The summed E-state index contributed by atoms with van der Waals surface area (Å²) in [6.45, 7) is 0. The first kappa shape index (κ1) is 13.0. The number of hydrogen-bond donors (Lipinski definition) is 0. The lowest BCUT2D eigenvalue weighted by molar-refractivity contribution is 0.0893. The van der Waals surface area contributed by atoms with Gasteiger partial charge in [-0.15, -0.1) is 0 Å². The molecule has 2 aliphatic carbocycles. The molecule has 1 saturated carbocycles. The van der Waals surface area contributed by atoms with Crippen LogP contribution in [0.25, 0.3) is 5.57 Å². The molecule has 0 heterocycles. The van der Waals surface area contributed by atoms with Gasteiger partial charge in [0, 0.05) is 5.56 Å². The maximum Gasteiger partial charge on any atom is 0.187 e. The Labute approximate surface area is 129 Å². The third-order valence-corrected chi connectivity index (χ3v) is 4.88. The number of hydrogen-bond acceptors (Lipinski definition) is 2. The van der Waals surface area contributed by atoms with E-state index in [1.54, 1.807) is 0 Å². The van der Waals surface area contributed by atoms with Gasteiger partial charge in [-0.1, -0.05) is 54.6 Å². The summed E-state index contributed by atoms with van der Waals surface area (Å²) in [5.41, 5.74) is 3.92. The molecule has 0 saturated heterocycles. The number of carbonyl (C=O) groups excluding carboxylic acids is 1. The number of Topliss-reactive ketones (excluding diaryl/α,β-unsaturated/α-hetero) is 1. The minimum atomic E-state index is -0.945. The second-order valence-electron chi connectivity index (χ2n) is 5.96. The van der Waals surface area contributed by atoms with E-state index in [-0.39, 0.29) is 5.78 Å². The van der Waals surface area contributed by atoms with E-state index in [4.69, 9.17) is 0 Å². The molecular formula is C20H15NO. The van der Waals surface area contributed by atoms with Crippen LogP contribution in [0.15, 0.2) is 60.2 Å². The molecule has 4 rings (SSSR count). The Morgan fingerprint density at radius 3 is 2.36 bits per heavy atom. The van der Waals surface area contributed by atoms with Crippen LogP contribution in [0.4, 0.5) is 0 Å². The zero-order chi connectivity index (χ0) is 15.2. The van der Waals surface area contributed by atoms with Gasteiger partial charge in [0.25, 0.3) is 0 Å². The molecule has 2 nitrogen and oxygen atoms in total. The average Bonchev–Trinajstić information content (AvgIpc) is 3.01. The van der Waals surface area contributed by atoms with Crippen molar-refractivity contribution in [2.45, 2.75) is 19.3 Å². The van der Waals surface area contributed by atoms with Gasteiger partial charge in [0.05, 0.1) is 6.07 Å². The molecule has 106 valence electrons. The summed E-state index contributed by atoms with van der Waals surface area (Å²) in [5.74, 6) is -0.0159. The predicted molar refractivity (Wildman–Crippen MR) is 85.1 cm³/mol. The van der Waals surface area contributed by atoms with E-state index >= 15 is 0 Å². The van der Waals surface area contributed by atoms with Gasteiger partial charge < -0.3 is 0 Å². The third kappa shape index (κ3) is 1.57. The van der Waals surface area contributed by atoms with E-state index in [1.807, 2.05) is 42.5 Å². The number of allylic oxidation sites excluding steroid dienone is 1. The van der Waals surface area contributed by atoms with Crippen molar-refractivity contribution in [2.75, 3.05) is 0 Å². The van der Waals surface area contributed by atoms with Gasteiger partial charge in [-0.2, -0.15) is 5.26 Å². The van der Waals surface area contributed by atoms with Gasteiger partial charge in [0.15, 0.2) is 5.78 Å². The molecule has 0 amide bonds. The van der Waals surface area contributed by atoms with Crippen LogP contribution in [0.3, 0.4) is 0 Å². The van der Waals surface area contributed by atoms with Crippen molar-refractivity contribution < 1.29 is 4.79 Å². The van der Waals surface area contributed by atoms with E-state index in [1.165, 1.54) is 0 Å². The van der Waals surface area contributed by atoms with Gasteiger partial charge in [0.2, 0.25) is 0 Å². The first-order valence-corrected chi connectivity index (χ1v) is 7.62. The van der Waals surface area contributed by atoms with Crippen LogP contribution in [0, 0.1) is 16.7 Å². The maximum absolute atomic E-state index is 13.0. The molecule has 0 spiro atoms. The molecule has 1 fully saturated rings. The second-order valence-corrected chi connectivity index (χ2v) is 5.96. The maximum atomic E-state index is 13.0. The van der Waals surface area contributed by atoms with Crippen molar-refractivity contribution in [1.82, 2.24) is 0 Å². The molecule has 2 aromatic rings. The monoisotopic (exact) mass is 285 g/mol. The zero-order valence-corrected chi connectivity index (χ0v) is 12.2. The van der Waals surface area contributed by atoms with Gasteiger partial charge in [0.1, 0.15) is 5.41 Å². The molecule has 1 unspecified atom stereocenters. The molecular weight excluding hydrogens is 270 g/mol. The number of ketones is 1.